The molecule has 0 radical (unpaired) electrons. The summed E-state index contributed by atoms with van der Waals surface area (Å²) in [5, 5.41) is 14.8. The van der Waals surface area contributed by atoms with Crippen LogP contribution in [-0.4, -0.2) is 44.3 Å². The van der Waals surface area contributed by atoms with Gasteiger partial charge in [0.15, 0.2) is 0 Å². The third-order valence-electron chi connectivity index (χ3n) is 4.77. The number of carboxylic acid groups (broad SMARTS) is 1. The molecule has 1 unspecified atom stereocenters. The van der Waals surface area contributed by atoms with Crippen LogP contribution in [0, 0.1) is 13.8 Å². The first kappa shape index (κ1) is 18.7. The lowest BCUT2D eigenvalue weighted by atomic mass is 10.1. The van der Waals surface area contributed by atoms with Gasteiger partial charge in [-0.1, -0.05) is 23.2 Å². The van der Waals surface area contributed by atoms with Crippen LogP contribution in [0.2, 0.25) is 10.0 Å². The maximum Gasteiger partial charge on any atom is 0.326 e. The van der Waals surface area contributed by atoms with Crippen LogP contribution in [0.4, 0.5) is 0 Å². The van der Waals surface area contributed by atoms with Crippen molar-refractivity contribution in [3.05, 3.63) is 45.2 Å². The van der Waals surface area contributed by atoms with Crippen LogP contribution in [-0.2, 0) is 16.0 Å². The van der Waals surface area contributed by atoms with Gasteiger partial charge in [-0.05, 0) is 44.9 Å². The normalized spacial score (nSPS) is 16.9. The van der Waals surface area contributed by atoms with Gasteiger partial charge < -0.3 is 10.0 Å². The second-order valence-electron chi connectivity index (χ2n) is 6.42. The lowest BCUT2D eigenvalue weighted by Crippen LogP contribution is -2.41. The smallest absolute Gasteiger partial charge is 0.326 e. The van der Waals surface area contributed by atoms with Crippen molar-refractivity contribution in [2.45, 2.75) is 39.2 Å². The van der Waals surface area contributed by atoms with Crippen molar-refractivity contribution >= 4 is 35.1 Å². The van der Waals surface area contributed by atoms with Crippen LogP contribution in [0.1, 0.15) is 29.8 Å². The lowest BCUT2D eigenvalue weighted by Gasteiger charge is -2.21. The molecule has 0 bridgehead atoms. The molecule has 138 valence electrons. The molecular weight excluding hydrogens is 377 g/mol. The number of halogens is 2. The number of hydrogen-bond acceptors (Lipinski definition) is 3. The molecule has 0 spiro atoms. The fraction of sp³-hybridized carbons (Fsp3) is 0.389. The van der Waals surface area contributed by atoms with Crippen LogP contribution in [0.25, 0.3) is 5.69 Å². The summed E-state index contributed by atoms with van der Waals surface area (Å²) in [7, 11) is 0. The summed E-state index contributed by atoms with van der Waals surface area (Å²) in [6.07, 6.45) is 1.33. The predicted octanol–water partition coefficient (Wildman–Crippen LogP) is 3.41. The van der Waals surface area contributed by atoms with E-state index in [2.05, 4.69) is 5.10 Å². The number of aromatic nitrogens is 2. The van der Waals surface area contributed by atoms with Gasteiger partial charge in [0.1, 0.15) is 6.04 Å². The molecule has 0 saturated carbocycles. The molecule has 1 amide bonds. The minimum absolute atomic E-state index is 0.118. The Labute approximate surface area is 161 Å². The van der Waals surface area contributed by atoms with E-state index >= 15 is 0 Å². The molecule has 26 heavy (non-hydrogen) atoms. The summed E-state index contributed by atoms with van der Waals surface area (Å²) >= 11 is 12.2. The van der Waals surface area contributed by atoms with E-state index in [1.165, 1.54) is 4.90 Å². The van der Waals surface area contributed by atoms with E-state index in [4.69, 9.17) is 23.2 Å². The summed E-state index contributed by atoms with van der Waals surface area (Å²) in [5.41, 5.74) is 2.98. The number of amides is 1. The minimum Gasteiger partial charge on any atom is -0.480 e. The zero-order chi connectivity index (χ0) is 19.0. The zero-order valence-electron chi connectivity index (χ0n) is 14.5. The highest BCUT2D eigenvalue weighted by Gasteiger charge is 2.34. The van der Waals surface area contributed by atoms with E-state index in [1.807, 2.05) is 13.8 Å². The van der Waals surface area contributed by atoms with Crippen molar-refractivity contribution in [1.82, 2.24) is 14.7 Å². The van der Waals surface area contributed by atoms with Crippen molar-refractivity contribution in [3.8, 4) is 5.69 Å². The summed E-state index contributed by atoms with van der Waals surface area (Å²) in [4.78, 5) is 25.4. The molecule has 1 aromatic carbocycles. The molecule has 1 saturated heterocycles. The third kappa shape index (κ3) is 3.44. The Hall–Kier alpha value is -2.05. The Kier molecular flexibility index (Phi) is 5.25. The topological polar surface area (TPSA) is 75.4 Å². The van der Waals surface area contributed by atoms with Gasteiger partial charge in [-0.3, -0.25) is 4.79 Å². The molecule has 2 aromatic rings. The van der Waals surface area contributed by atoms with Gasteiger partial charge in [0.2, 0.25) is 5.91 Å². The highest BCUT2D eigenvalue weighted by Crippen LogP contribution is 2.28. The fourth-order valence-electron chi connectivity index (χ4n) is 3.39. The first-order valence-corrected chi connectivity index (χ1v) is 9.08. The van der Waals surface area contributed by atoms with E-state index in [0.29, 0.717) is 40.8 Å². The number of carbonyl (C=O) groups excluding carboxylic acids is 1. The highest BCUT2D eigenvalue weighted by molar-refractivity contribution is 6.35. The number of carboxylic acids is 1. The highest BCUT2D eigenvalue weighted by atomic mass is 35.5. The van der Waals surface area contributed by atoms with Crippen LogP contribution >= 0.6 is 23.2 Å². The predicted molar refractivity (Wildman–Crippen MR) is 99.1 cm³/mol. The quantitative estimate of drug-likeness (QED) is 0.860. The van der Waals surface area contributed by atoms with Crippen molar-refractivity contribution in [1.29, 1.82) is 0 Å². The largest absolute Gasteiger partial charge is 0.480 e. The van der Waals surface area contributed by atoms with E-state index < -0.39 is 12.0 Å². The third-order valence-corrected chi connectivity index (χ3v) is 5.30. The number of rotatable bonds is 4. The Balaban J connectivity index is 1.89. The fourth-order valence-corrected chi connectivity index (χ4v) is 3.88. The summed E-state index contributed by atoms with van der Waals surface area (Å²) < 4.78 is 1.69. The van der Waals surface area contributed by atoms with Crippen LogP contribution < -0.4 is 0 Å². The summed E-state index contributed by atoms with van der Waals surface area (Å²) in [6, 6.07) is 4.41. The van der Waals surface area contributed by atoms with E-state index in [-0.39, 0.29) is 12.3 Å². The molecule has 3 rings (SSSR count). The second-order valence-corrected chi connectivity index (χ2v) is 7.26. The van der Waals surface area contributed by atoms with Gasteiger partial charge in [-0.15, -0.1) is 0 Å². The monoisotopic (exact) mass is 395 g/mol. The molecule has 1 aliphatic heterocycles. The molecule has 2 heterocycles. The molecule has 1 N–H and O–H groups in total. The van der Waals surface area contributed by atoms with Gasteiger partial charge in [-0.2, -0.15) is 5.10 Å². The molecule has 1 fully saturated rings. The standard InChI is InChI=1S/C18H19Cl2N3O3/c1-10-13(9-17(24)22-7-3-4-16(22)18(25)26)11(2)23(21-10)15-6-5-12(19)8-14(15)20/h5-6,8,16H,3-4,7,9H2,1-2H3,(H,25,26). The number of carbonyl (C=O) groups is 2. The number of hydrogen-bond donors (Lipinski definition) is 1. The summed E-state index contributed by atoms with van der Waals surface area (Å²) in [5.74, 6) is -1.14. The number of aliphatic carboxylic acids is 1. The van der Waals surface area contributed by atoms with Crippen LogP contribution in [0.5, 0.6) is 0 Å². The van der Waals surface area contributed by atoms with Gasteiger partial charge in [0, 0.05) is 22.8 Å². The molecule has 6 nitrogen and oxygen atoms in total. The average molecular weight is 396 g/mol. The van der Waals surface area contributed by atoms with Gasteiger partial charge in [-0.25, -0.2) is 9.48 Å². The minimum atomic E-state index is -0.951. The first-order chi connectivity index (χ1) is 12.3. The molecule has 8 heteroatoms. The van der Waals surface area contributed by atoms with Crippen LogP contribution in [0.15, 0.2) is 18.2 Å². The second kappa shape index (κ2) is 7.29. The number of benzene rings is 1. The molecule has 0 aliphatic carbocycles. The van der Waals surface area contributed by atoms with Gasteiger partial charge in [0.25, 0.3) is 0 Å². The Morgan fingerprint density at radius 2 is 2.04 bits per heavy atom. The molecular formula is C18H19Cl2N3O3. The average Bonchev–Trinajstić information content (AvgIpc) is 3.16. The Morgan fingerprint density at radius 3 is 2.69 bits per heavy atom. The maximum absolute atomic E-state index is 12.7. The van der Waals surface area contributed by atoms with Crippen molar-refractivity contribution in [3.63, 3.8) is 0 Å². The van der Waals surface area contributed by atoms with Crippen molar-refractivity contribution < 1.29 is 14.7 Å². The maximum atomic E-state index is 12.7. The number of likely N-dealkylation sites (tertiary alicyclic amines) is 1. The number of nitrogens with zero attached hydrogens (tertiary/aromatic N) is 3. The zero-order valence-corrected chi connectivity index (χ0v) is 16.0. The van der Waals surface area contributed by atoms with Crippen molar-refractivity contribution in [2.75, 3.05) is 6.54 Å². The Morgan fingerprint density at radius 1 is 1.31 bits per heavy atom. The van der Waals surface area contributed by atoms with Crippen molar-refractivity contribution in [2.24, 2.45) is 0 Å². The lowest BCUT2D eigenvalue weighted by molar-refractivity contribution is -0.148. The van der Waals surface area contributed by atoms with Gasteiger partial charge in [0.05, 0.1) is 22.8 Å². The molecule has 1 aromatic heterocycles. The Bertz CT molecular complexity index is 879. The SMILES string of the molecule is Cc1nn(-c2ccc(Cl)cc2Cl)c(C)c1CC(=O)N1CCCC1C(=O)O. The van der Waals surface area contributed by atoms with E-state index in [9.17, 15) is 14.7 Å². The van der Waals surface area contributed by atoms with Crippen LogP contribution in [0.3, 0.4) is 0 Å². The number of aryl methyl sites for hydroxylation is 1. The van der Waals surface area contributed by atoms with Gasteiger partial charge >= 0.3 is 5.97 Å². The molecule has 1 atom stereocenters. The van der Waals surface area contributed by atoms with E-state index in [0.717, 1.165) is 11.3 Å². The first-order valence-electron chi connectivity index (χ1n) is 8.32. The summed E-state index contributed by atoms with van der Waals surface area (Å²) in [6.45, 7) is 4.17. The molecule has 1 aliphatic rings. The van der Waals surface area contributed by atoms with E-state index in [1.54, 1.807) is 22.9 Å².